The van der Waals surface area contributed by atoms with E-state index in [1.807, 2.05) is 56.3 Å². The summed E-state index contributed by atoms with van der Waals surface area (Å²) in [6.45, 7) is 3.73. The molecule has 0 radical (unpaired) electrons. The van der Waals surface area contributed by atoms with Gasteiger partial charge in [-0.25, -0.2) is 4.39 Å². The van der Waals surface area contributed by atoms with Crippen LogP contribution in [0.2, 0.25) is 0 Å². The molecule has 0 amide bonds. The summed E-state index contributed by atoms with van der Waals surface area (Å²) in [5.41, 5.74) is 1.08. The highest BCUT2D eigenvalue weighted by atomic mass is 35.5. The van der Waals surface area contributed by atoms with Crippen LogP contribution < -0.4 is 4.74 Å². The molecule has 0 aliphatic rings. The molecule has 3 rings (SSSR count). The van der Waals surface area contributed by atoms with Crippen molar-refractivity contribution in [2.45, 2.75) is 20.0 Å². The molecule has 6 heteroatoms. The summed E-state index contributed by atoms with van der Waals surface area (Å²) in [4.78, 5) is 13.0. The molecule has 0 bridgehead atoms. The molecule has 0 aliphatic heterocycles. The zero-order valence-corrected chi connectivity index (χ0v) is 19.0. The minimum Gasteiger partial charge on any atom is -0.454 e. The van der Waals surface area contributed by atoms with Crippen molar-refractivity contribution in [1.82, 2.24) is 0 Å². The molecule has 0 saturated heterocycles. The smallest absolute Gasteiger partial charge is 0.314 e. The molecule has 0 spiro atoms. The van der Waals surface area contributed by atoms with Gasteiger partial charge in [0.05, 0.1) is 5.92 Å². The van der Waals surface area contributed by atoms with Crippen molar-refractivity contribution in [3.05, 3.63) is 102 Å². The Kier molecular flexibility index (Phi) is 8.23. The number of nitriles is 1. The van der Waals surface area contributed by atoms with Gasteiger partial charge in [0.1, 0.15) is 11.8 Å². The summed E-state index contributed by atoms with van der Waals surface area (Å²) >= 11 is 6.42. The van der Waals surface area contributed by atoms with E-state index in [0.717, 1.165) is 5.56 Å². The first-order chi connectivity index (χ1) is 15.9. The molecule has 4 nitrogen and oxygen atoms in total. The lowest BCUT2D eigenvalue weighted by Crippen LogP contribution is -2.23. The predicted octanol–water partition coefficient (Wildman–Crippen LogP) is 7.28. The summed E-state index contributed by atoms with van der Waals surface area (Å²) in [6.07, 6.45) is 0.397. The van der Waals surface area contributed by atoms with Crippen LogP contribution in [0, 0.1) is 29.0 Å². The third-order valence-corrected chi connectivity index (χ3v) is 5.29. The first-order valence-electron chi connectivity index (χ1n) is 10.4. The number of halogens is 2. The Hall–Kier alpha value is -3.62. The average molecular weight is 464 g/mol. The number of nitrogens with zero attached hydrogens (tertiary/aromatic N) is 1. The van der Waals surface area contributed by atoms with Gasteiger partial charge in [0, 0.05) is 10.6 Å². The van der Waals surface area contributed by atoms with Crippen LogP contribution >= 0.6 is 11.6 Å². The van der Waals surface area contributed by atoms with Gasteiger partial charge in [-0.3, -0.25) is 4.79 Å². The van der Waals surface area contributed by atoms with E-state index in [9.17, 15) is 14.4 Å². The summed E-state index contributed by atoms with van der Waals surface area (Å²) in [5, 5.41) is 10.1. The van der Waals surface area contributed by atoms with E-state index in [-0.39, 0.29) is 11.7 Å². The van der Waals surface area contributed by atoms with Gasteiger partial charge in [-0.15, -0.1) is 0 Å². The molecule has 3 aromatic rings. The van der Waals surface area contributed by atoms with Gasteiger partial charge in [-0.05, 0) is 35.7 Å². The van der Waals surface area contributed by atoms with Crippen molar-refractivity contribution in [1.29, 1.82) is 5.26 Å². The summed E-state index contributed by atoms with van der Waals surface area (Å²) < 4.78 is 25.4. The van der Waals surface area contributed by atoms with E-state index in [0.29, 0.717) is 16.3 Å². The van der Waals surface area contributed by atoms with Crippen molar-refractivity contribution < 1.29 is 18.7 Å². The highest BCUT2D eigenvalue weighted by Gasteiger charge is 2.27. The number of para-hydroxylation sites is 1. The Morgan fingerprint density at radius 3 is 2.27 bits per heavy atom. The molecule has 2 atom stereocenters. The zero-order valence-electron chi connectivity index (χ0n) is 18.2. The molecule has 0 fully saturated rings. The maximum absolute atomic E-state index is 14.3. The fourth-order valence-corrected chi connectivity index (χ4v) is 3.39. The number of carbonyl (C=O) groups is 1. The first-order valence-corrected chi connectivity index (χ1v) is 10.8. The second-order valence-corrected chi connectivity index (χ2v) is 8.11. The number of esters is 1. The third-order valence-electron chi connectivity index (χ3n) is 4.95. The molecular formula is C27H23ClFNO3. The number of hydrogen-bond donors (Lipinski definition) is 0. The lowest BCUT2D eigenvalue weighted by molar-refractivity contribution is -0.151. The van der Waals surface area contributed by atoms with Gasteiger partial charge in [0.2, 0.25) is 6.10 Å². The molecule has 0 N–H and O–H groups in total. The van der Waals surface area contributed by atoms with Gasteiger partial charge < -0.3 is 9.47 Å². The maximum atomic E-state index is 14.3. The lowest BCUT2D eigenvalue weighted by Gasteiger charge is -2.20. The molecule has 0 aliphatic carbocycles. The van der Waals surface area contributed by atoms with E-state index >= 15 is 0 Å². The van der Waals surface area contributed by atoms with Gasteiger partial charge in [-0.1, -0.05) is 86.1 Å². The number of hydrogen-bond acceptors (Lipinski definition) is 4. The van der Waals surface area contributed by atoms with Gasteiger partial charge in [0.15, 0.2) is 11.6 Å². The monoisotopic (exact) mass is 463 g/mol. The minimum absolute atomic E-state index is 0.0672. The normalized spacial score (nSPS) is 13.2. The molecule has 0 heterocycles. The highest BCUT2D eigenvalue weighted by Crippen LogP contribution is 2.31. The first kappa shape index (κ1) is 24.0. The Labute approximate surface area is 197 Å². The lowest BCUT2D eigenvalue weighted by atomic mass is 9.94. The van der Waals surface area contributed by atoms with Crippen LogP contribution in [0.15, 0.2) is 84.9 Å². The number of carbonyl (C=O) groups excluding carboxylic acids is 1. The standard InChI is InChI=1S/C27H23ClFNO3/c1-18(2)22(16-23(28)19-9-5-3-6-10-19)27(31)33-26(17-30)20-13-14-24(29)25(15-20)32-21-11-7-4-8-12-21/h3-16,18,22,26H,1-2H3. The average Bonchev–Trinajstić information content (AvgIpc) is 2.83. The van der Waals surface area contributed by atoms with Crippen molar-refractivity contribution in [2.24, 2.45) is 11.8 Å². The SMILES string of the molecule is CC(C)C(C=C(Cl)c1ccccc1)C(=O)OC(C#N)c1ccc(F)c(Oc2ccccc2)c1. The topological polar surface area (TPSA) is 59.3 Å². The van der Waals surface area contributed by atoms with Gasteiger partial charge in [-0.2, -0.15) is 5.26 Å². The van der Waals surface area contributed by atoms with E-state index in [4.69, 9.17) is 21.1 Å². The fourth-order valence-electron chi connectivity index (χ4n) is 3.12. The Morgan fingerprint density at radius 2 is 1.67 bits per heavy atom. The van der Waals surface area contributed by atoms with E-state index in [1.165, 1.54) is 18.2 Å². The quantitative estimate of drug-likeness (QED) is 0.329. The summed E-state index contributed by atoms with van der Waals surface area (Å²) in [6, 6.07) is 23.9. The minimum atomic E-state index is -1.23. The van der Waals surface area contributed by atoms with Gasteiger partial charge in [0.25, 0.3) is 0 Å². The highest BCUT2D eigenvalue weighted by molar-refractivity contribution is 6.48. The van der Waals surface area contributed by atoms with Gasteiger partial charge >= 0.3 is 5.97 Å². The molecule has 2 unspecified atom stereocenters. The molecule has 3 aromatic carbocycles. The Morgan fingerprint density at radius 1 is 1.03 bits per heavy atom. The Balaban J connectivity index is 1.81. The predicted molar refractivity (Wildman–Crippen MR) is 126 cm³/mol. The van der Waals surface area contributed by atoms with Crippen molar-refractivity contribution in [3.8, 4) is 17.6 Å². The van der Waals surface area contributed by atoms with Crippen LogP contribution in [0.5, 0.6) is 11.5 Å². The molecular weight excluding hydrogens is 441 g/mol. The van der Waals surface area contributed by atoms with Crippen LogP contribution in [0.4, 0.5) is 4.39 Å². The number of ether oxygens (including phenoxy) is 2. The van der Waals surface area contributed by atoms with Crippen LogP contribution in [0.25, 0.3) is 5.03 Å². The van der Waals surface area contributed by atoms with Crippen LogP contribution in [-0.4, -0.2) is 5.97 Å². The second kappa shape index (κ2) is 11.3. The van der Waals surface area contributed by atoms with Crippen LogP contribution in [-0.2, 0) is 9.53 Å². The van der Waals surface area contributed by atoms with Crippen molar-refractivity contribution >= 4 is 22.6 Å². The van der Waals surface area contributed by atoms with Crippen molar-refractivity contribution in [2.75, 3.05) is 0 Å². The van der Waals surface area contributed by atoms with E-state index in [2.05, 4.69) is 0 Å². The Bertz CT molecular complexity index is 1160. The molecule has 0 saturated carbocycles. The number of rotatable bonds is 8. The third kappa shape index (κ3) is 6.44. The van der Waals surface area contributed by atoms with E-state index < -0.39 is 23.8 Å². The molecule has 0 aromatic heterocycles. The summed E-state index contributed by atoms with van der Waals surface area (Å²) in [7, 11) is 0. The maximum Gasteiger partial charge on any atom is 0.314 e. The second-order valence-electron chi connectivity index (χ2n) is 7.70. The fraction of sp³-hybridized carbons (Fsp3) is 0.185. The van der Waals surface area contributed by atoms with Crippen LogP contribution in [0.1, 0.15) is 31.1 Å². The van der Waals surface area contributed by atoms with Crippen LogP contribution in [0.3, 0.4) is 0 Å². The number of benzene rings is 3. The molecule has 33 heavy (non-hydrogen) atoms. The van der Waals surface area contributed by atoms with Crippen molar-refractivity contribution in [3.63, 3.8) is 0 Å². The largest absolute Gasteiger partial charge is 0.454 e. The molecule has 168 valence electrons. The zero-order chi connectivity index (χ0) is 23.8. The van der Waals surface area contributed by atoms with E-state index in [1.54, 1.807) is 30.3 Å². The summed E-state index contributed by atoms with van der Waals surface area (Å²) in [5.74, 6) is -1.61.